The zero-order valence-corrected chi connectivity index (χ0v) is 10.3. The highest BCUT2D eigenvalue weighted by Gasteiger charge is 2.37. The minimum absolute atomic E-state index is 0.891. The van der Waals surface area contributed by atoms with E-state index >= 15 is 0 Å². The van der Waals surface area contributed by atoms with E-state index in [1.165, 1.54) is 24.8 Å². The van der Waals surface area contributed by atoms with E-state index in [4.69, 9.17) is 13.3 Å². The van der Waals surface area contributed by atoms with Gasteiger partial charge >= 0.3 is 8.80 Å². The van der Waals surface area contributed by atoms with Gasteiger partial charge in [0.2, 0.25) is 0 Å². The molecule has 3 nitrogen and oxygen atoms in total. The van der Waals surface area contributed by atoms with Crippen molar-refractivity contribution in [2.45, 2.75) is 31.7 Å². The summed E-state index contributed by atoms with van der Waals surface area (Å²) in [5.74, 6) is 0. The predicted molar refractivity (Wildman–Crippen MR) is 58.1 cm³/mol. The van der Waals surface area contributed by atoms with Gasteiger partial charge in [0, 0.05) is 27.4 Å². The van der Waals surface area contributed by atoms with E-state index in [0.717, 1.165) is 12.5 Å². The fourth-order valence-corrected chi connectivity index (χ4v) is 3.57. The molecule has 0 bridgehead atoms. The fraction of sp³-hybridized carbons (Fsp3) is 0.800. The van der Waals surface area contributed by atoms with E-state index < -0.39 is 8.80 Å². The van der Waals surface area contributed by atoms with Crippen molar-refractivity contribution in [1.82, 2.24) is 0 Å². The smallest absolute Gasteiger partial charge is 0.377 e. The SMILES string of the molecule is CO[Si](CCC1=CCCC1)(OC)OC. The Morgan fingerprint density at radius 2 is 1.86 bits per heavy atom. The van der Waals surface area contributed by atoms with Crippen LogP contribution in [-0.4, -0.2) is 30.1 Å². The third-order valence-corrected chi connectivity index (χ3v) is 5.55. The summed E-state index contributed by atoms with van der Waals surface area (Å²) in [6.07, 6.45) is 7.16. The first-order chi connectivity index (χ1) is 6.76. The second-order valence-electron chi connectivity index (χ2n) is 3.55. The van der Waals surface area contributed by atoms with Crippen LogP contribution in [0.2, 0.25) is 6.04 Å². The Hall–Kier alpha value is -0.163. The summed E-state index contributed by atoms with van der Waals surface area (Å²) in [6.45, 7) is 0. The lowest BCUT2D eigenvalue weighted by Gasteiger charge is -2.24. The number of rotatable bonds is 6. The van der Waals surface area contributed by atoms with Gasteiger partial charge < -0.3 is 13.3 Å². The molecule has 0 fully saturated rings. The number of hydrogen-bond donors (Lipinski definition) is 0. The molecule has 0 atom stereocenters. The molecule has 0 aromatic heterocycles. The molecule has 4 heteroatoms. The Morgan fingerprint density at radius 3 is 2.29 bits per heavy atom. The van der Waals surface area contributed by atoms with E-state index in [1.54, 1.807) is 21.3 Å². The van der Waals surface area contributed by atoms with Crippen molar-refractivity contribution < 1.29 is 13.3 Å². The van der Waals surface area contributed by atoms with Crippen molar-refractivity contribution in [2.75, 3.05) is 21.3 Å². The van der Waals surface area contributed by atoms with Gasteiger partial charge in [-0.25, -0.2) is 0 Å². The van der Waals surface area contributed by atoms with Crippen LogP contribution in [-0.2, 0) is 13.3 Å². The van der Waals surface area contributed by atoms with Crippen molar-refractivity contribution >= 4 is 8.80 Å². The van der Waals surface area contributed by atoms with Crippen LogP contribution in [0.4, 0.5) is 0 Å². The van der Waals surface area contributed by atoms with E-state index in [9.17, 15) is 0 Å². The van der Waals surface area contributed by atoms with Crippen LogP contribution in [0.15, 0.2) is 11.6 Å². The topological polar surface area (TPSA) is 27.7 Å². The molecule has 0 unspecified atom stereocenters. The van der Waals surface area contributed by atoms with Crippen molar-refractivity contribution in [1.29, 1.82) is 0 Å². The lowest BCUT2D eigenvalue weighted by atomic mass is 10.2. The van der Waals surface area contributed by atoms with Gasteiger partial charge in [0.05, 0.1) is 0 Å². The lowest BCUT2D eigenvalue weighted by molar-refractivity contribution is 0.123. The lowest BCUT2D eigenvalue weighted by Crippen LogP contribution is -2.42. The highest BCUT2D eigenvalue weighted by Crippen LogP contribution is 2.26. The van der Waals surface area contributed by atoms with Crippen LogP contribution in [0.1, 0.15) is 25.7 Å². The molecular weight excluding hydrogens is 196 g/mol. The molecule has 0 aromatic carbocycles. The maximum Gasteiger partial charge on any atom is 0.500 e. The highest BCUT2D eigenvalue weighted by molar-refractivity contribution is 6.60. The Labute approximate surface area is 87.4 Å². The third kappa shape index (κ3) is 2.92. The molecule has 0 heterocycles. The van der Waals surface area contributed by atoms with Crippen LogP contribution in [0.3, 0.4) is 0 Å². The number of allylic oxidation sites excluding steroid dienone is 2. The largest absolute Gasteiger partial charge is 0.500 e. The molecule has 0 aliphatic heterocycles. The monoisotopic (exact) mass is 216 g/mol. The standard InChI is InChI=1S/C10H20O3Si/c1-11-14(12-2,13-3)9-8-10-6-4-5-7-10/h6H,4-5,7-9H2,1-3H3. The molecule has 0 amide bonds. The fourth-order valence-electron chi connectivity index (χ4n) is 1.83. The second-order valence-corrected chi connectivity index (χ2v) is 6.64. The van der Waals surface area contributed by atoms with Gasteiger partial charge in [-0.3, -0.25) is 0 Å². The van der Waals surface area contributed by atoms with Crippen LogP contribution >= 0.6 is 0 Å². The van der Waals surface area contributed by atoms with Crippen molar-refractivity contribution in [3.8, 4) is 0 Å². The van der Waals surface area contributed by atoms with Gasteiger partial charge in [-0.05, 0) is 25.7 Å². The average Bonchev–Trinajstić information content (AvgIpc) is 2.74. The third-order valence-electron chi connectivity index (χ3n) is 2.82. The van der Waals surface area contributed by atoms with Crippen molar-refractivity contribution in [2.24, 2.45) is 0 Å². The highest BCUT2D eigenvalue weighted by atomic mass is 28.4. The van der Waals surface area contributed by atoms with E-state index in [-0.39, 0.29) is 0 Å². The molecule has 1 aliphatic rings. The van der Waals surface area contributed by atoms with Crippen LogP contribution < -0.4 is 0 Å². The van der Waals surface area contributed by atoms with Gasteiger partial charge in [-0.15, -0.1) is 0 Å². The quantitative estimate of drug-likeness (QED) is 0.504. The Morgan fingerprint density at radius 1 is 1.21 bits per heavy atom. The molecule has 0 aromatic rings. The van der Waals surface area contributed by atoms with Crippen molar-refractivity contribution in [3.05, 3.63) is 11.6 Å². The average molecular weight is 216 g/mol. The Kier molecular flexibility index (Phi) is 4.81. The van der Waals surface area contributed by atoms with E-state index in [1.807, 2.05) is 0 Å². The van der Waals surface area contributed by atoms with Gasteiger partial charge in [-0.2, -0.15) is 0 Å². The summed E-state index contributed by atoms with van der Waals surface area (Å²) in [5.41, 5.74) is 1.54. The van der Waals surface area contributed by atoms with Gasteiger partial charge in [0.25, 0.3) is 0 Å². The van der Waals surface area contributed by atoms with Crippen LogP contribution in [0, 0.1) is 0 Å². The molecule has 0 saturated carbocycles. The summed E-state index contributed by atoms with van der Waals surface area (Å²) in [6, 6.07) is 0.891. The predicted octanol–water partition coefficient (Wildman–Crippen LogP) is 2.36. The van der Waals surface area contributed by atoms with E-state index in [0.29, 0.717) is 0 Å². The summed E-state index contributed by atoms with van der Waals surface area (Å²) in [5, 5.41) is 0. The zero-order chi connectivity index (χ0) is 10.4. The molecule has 1 aliphatic carbocycles. The maximum atomic E-state index is 5.36. The second kappa shape index (κ2) is 5.65. The molecule has 1 rings (SSSR count). The minimum atomic E-state index is -2.33. The van der Waals surface area contributed by atoms with Gasteiger partial charge in [-0.1, -0.05) is 11.6 Å². The Balaban J connectivity index is 2.39. The first kappa shape index (κ1) is 11.9. The van der Waals surface area contributed by atoms with Gasteiger partial charge in [0.15, 0.2) is 0 Å². The van der Waals surface area contributed by atoms with Crippen molar-refractivity contribution in [3.63, 3.8) is 0 Å². The number of hydrogen-bond acceptors (Lipinski definition) is 3. The maximum absolute atomic E-state index is 5.36. The van der Waals surface area contributed by atoms with Crippen LogP contribution in [0.25, 0.3) is 0 Å². The Bertz CT molecular complexity index is 191. The summed E-state index contributed by atoms with van der Waals surface area (Å²) in [7, 11) is 2.68. The molecule has 0 N–H and O–H groups in total. The minimum Gasteiger partial charge on any atom is -0.377 e. The molecule has 82 valence electrons. The normalized spacial score (nSPS) is 17.2. The summed E-state index contributed by atoms with van der Waals surface area (Å²) >= 11 is 0. The molecule has 14 heavy (non-hydrogen) atoms. The summed E-state index contributed by atoms with van der Waals surface area (Å²) in [4.78, 5) is 0. The molecular formula is C10H20O3Si. The first-order valence-electron chi connectivity index (χ1n) is 5.09. The van der Waals surface area contributed by atoms with E-state index in [2.05, 4.69) is 6.08 Å². The first-order valence-corrected chi connectivity index (χ1v) is 7.03. The van der Waals surface area contributed by atoms with Gasteiger partial charge in [0.1, 0.15) is 0 Å². The zero-order valence-electron chi connectivity index (χ0n) is 9.34. The summed E-state index contributed by atoms with van der Waals surface area (Å²) < 4.78 is 16.1. The molecule has 0 spiro atoms. The van der Waals surface area contributed by atoms with Crippen LogP contribution in [0.5, 0.6) is 0 Å². The molecule has 0 saturated heterocycles. The molecule has 0 radical (unpaired) electrons.